The highest BCUT2D eigenvalue weighted by molar-refractivity contribution is 5.79. The van der Waals surface area contributed by atoms with Gasteiger partial charge in [-0.05, 0) is 19.1 Å². The highest BCUT2D eigenvalue weighted by atomic mass is 16.5. The van der Waals surface area contributed by atoms with Crippen LogP contribution in [0.15, 0.2) is 23.1 Å². The van der Waals surface area contributed by atoms with Crippen LogP contribution in [0.1, 0.15) is 6.92 Å². The second-order valence-corrected chi connectivity index (χ2v) is 4.95. The fourth-order valence-electron chi connectivity index (χ4n) is 2.63. The molecular formula is C14H18N4O3. The van der Waals surface area contributed by atoms with Crippen molar-refractivity contribution in [3.63, 3.8) is 0 Å². The van der Waals surface area contributed by atoms with Gasteiger partial charge < -0.3 is 9.64 Å². The summed E-state index contributed by atoms with van der Waals surface area (Å²) in [7, 11) is 0. The van der Waals surface area contributed by atoms with Crippen LogP contribution in [0.25, 0.3) is 11.2 Å². The van der Waals surface area contributed by atoms with Crippen molar-refractivity contribution < 1.29 is 9.53 Å². The van der Waals surface area contributed by atoms with Gasteiger partial charge in [-0.1, -0.05) is 0 Å². The van der Waals surface area contributed by atoms with E-state index < -0.39 is 0 Å². The number of amides is 1. The maximum absolute atomic E-state index is 12.4. The van der Waals surface area contributed by atoms with E-state index in [4.69, 9.17) is 4.74 Å². The Morgan fingerprint density at radius 1 is 1.33 bits per heavy atom. The van der Waals surface area contributed by atoms with Crippen LogP contribution < -0.4 is 5.69 Å². The molecule has 0 bridgehead atoms. The van der Waals surface area contributed by atoms with E-state index in [9.17, 15) is 9.59 Å². The van der Waals surface area contributed by atoms with Gasteiger partial charge in [0.15, 0.2) is 5.65 Å². The molecule has 0 aromatic carbocycles. The second kappa shape index (κ2) is 5.69. The number of hydrogen-bond acceptors (Lipinski definition) is 4. The molecule has 3 heterocycles. The second-order valence-electron chi connectivity index (χ2n) is 4.95. The summed E-state index contributed by atoms with van der Waals surface area (Å²) in [5, 5.41) is 0. The Balaban J connectivity index is 1.95. The topological polar surface area (TPSA) is 69.4 Å². The van der Waals surface area contributed by atoms with Crippen LogP contribution in [0.3, 0.4) is 0 Å². The number of aromatic nitrogens is 3. The minimum Gasteiger partial charge on any atom is -0.378 e. The van der Waals surface area contributed by atoms with Crippen molar-refractivity contribution in [3.05, 3.63) is 28.8 Å². The number of hydrogen-bond donors (Lipinski definition) is 0. The van der Waals surface area contributed by atoms with Crippen LogP contribution in [0.4, 0.5) is 0 Å². The predicted molar refractivity (Wildman–Crippen MR) is 77.1 cm³/mol. The molecule has 1 aliphatic rings. The molecule has 2 aromatic rings. The van der Waals surface area contributed by atoms with Crippen molar-refractivity contribution in [2.45, 2.75) is 20.0 Å². The standard InChI is InChI=1S/C14H18N4O3/c1-2-17-13-11(4-3-5-15-13)18(14(17)20)10-12(19)16-6-8-21-9-7-16/h3-5H,2,6-10H2,1H3. The van der Waals surface area contributed by atoms with E-state index in [-0.39, 0.29) is 18.1 Å². The molecule has 21 heavy (non-hydrogen) atoms. The number of imidazole rings is 1. The average molecular weight is 290 g/mol. The largest absolute Gasteiger partial charge is 0.378 e. The Bertz CT molecular complexity index is 713. The van der Waals surface area contributed by atoms with E-state index in [0.717, 1.165) is 0 Å². The maximum atomic E-state index is 12.4. The van der Waals surface area contributed by atoms with Crippen LogP contribution >= 0.6 is 0 Å². The zero-order valence-corrected chi connectivity index (χ0v) is 12.0. The van der Waals surface area contributed by atoms with Gasteiger partial charge in [0.25, 0.3) is 0 Å². The number of ether oxygens (including phenoxy) is 1. The number of rotatable bonds is 3. The molecular weight excluding hydrogens is 272 g/mol. The molecule has 1 amide bonds. The number of nitrogens with zero attached hydrogens (tertiary/aromatic N) is 4. The van der Waals surface area contributed by atoms with Crippen molar-refractivity contribution in [2.24, 2.45) is 0 Å². The number of pyridine rings is 1. The first-order valence-electron chi connectivity index (χ1n) is 7.12. The summed E-state index contributed by atoms with van der Waals surface area (Å²) in [6.07, 6.45) is 1.65. The van der Waals surface area contributed by atoms with Crippen molar-refractivity contribution >= 4 is 17.1 Å². The summed E-state index contributed by atoms with van der Waals surface area (Å²) in [6.45, 7) is 4.75. The van der Waals surface area contributed by atoms with Gasteiger partial charge in [0.1, 0.15) is 6.54 Å². The lowest BCUT2D eigenvalue weighted by atomic mass is 10.4. The van der Waals surface area contributed by atoms with E-state index in [1.54, 1.807) is 21.7 Å². The van der Waals surface area contributed by atoms with E-state index in [1.165, 1.54) is 4.57 Å². The smallest absolute Gasteiger partial charge is 0.330 e. The highest BCUT2D eigenvalue weighted by Crippen LogP contribution is 2.10. The summed E-state index contributed by atoms with van der Waals surface area (Å²) >= 11 is 0. The molecule has 1 aliphatic heterocycles. The Hall–Kier alpha value is -2.15. The van der Waals surface area contributed by atoms with E-state index in [1.807, 2.05) is 13.0 Å². The minimum atomic E-state index is -0.187. The fourth-order valence-corrected chi connectivity index (χ4v) is 2.63. The Labute approximate surface area is 121 Å². The maximum Gasteiger partial charge on any atom is 0.330 e. The monoisotopic (exact) mass is 290 g/mol. The molecule has 1 saturated heterocycles. The molecule has 3 rings (SSSR count). The van der Waals surface area contributed by atoms with Crippen LogP contribution in [0, 0.1) is 0 Å². The SMILES string of the molecule is CCn1c(=O)n(CC(=O)N2CCOCC2)c2cccnc21. The van der Waals surface area contributed by atoms with E-state index in [2.05, 4.69) is 4.98 Å². The van der Waals surface area contributed by atoms with Crippen molar-refractivity contribution in [1.29, 1.82) is 0 Å². The number of aryl methyl sites for hydroxylation is 1. The van der Waals surface area contributed by atoms with E-state index >= 15 is 0 Å². The lowest BCUT2D eigenvalue weighted by Gasteiger charge is -2.26. The zero-order chi connectivity index (χ0) is 14.8. The van der Waals surface area contributed by atoms with Gasteiger partial charge in [0.05, 0.1) is 18.7 Å². The van der Waals surface area contributed by atoms with Crippen molar-refractivity contribution in [3.8, 4) is 0 Å². The van der Waals surface area contributed by atoms with Crippen LogP contribution in [0.2, 0.25) is 0 Å². The fraction of sp³-hybridized carbons (Fsp3) is 0.500. The molecule has 0 saturated carbocycles. The van der Waals surface area contributed by atoms with Crippen LogP contribution in [-0.2, 0) is 22.6 Å². The molecule has 0 unspecified atom stereocenters. The van der Waals surface area contributed by atoms with Gasteiger partial charge in [0.2, 0.25) is 5.91 Å². The zero-order valence-electron chi connectivity index (χ0n) is 12.0. The molecule has 7 nitrogen and oxygen atoms in total. The number of fused-ring (bicyclic) bond motifs is 1. The third kappa shape index (κ3) is 2.44. The number of morpholine rings is 1. The van der Waals surface area contributed by atoms with Gasteiger partial charge >= 0.3 is 5.69 Å². The quantitative estimate of drug-likeness (QED) is 0.802. The van der Waals surface area contributed by atoms with Gasteiger partial charge in [-0.3, -0.25) is 13.9 Å². The Morgan fingerprint density at radius 3 is 2.81 bits per heavy atom. The van der Waals surface area contributed by atoms with Gasteiger partial charge in [-0.2, -0.15) is 0 Å². The van der Waals surface area contributed by atoms with Gasteiger partial charge in [-0.15, -0.1) is 0 Å². The third-order valence-electron chi connectivity index (χ3n) is 3.75. The highest BCUT2D eigenvalue weighted by Gasteiger charge is 2.20. The molecule has 0 radical (unpaired) electrons. The molecule has 0 atom stereocenters. The third-order valence-corrected chi connectivity index (χ3v) is 3.75. The van der Waals surface area contributed by atoms with Crippen molar-refractivity contribution in [1.82, 2.24) is 19.0 Å². The summed E-state index contributed by atoms with van der Waals surface area (Å²) in [6, 6.07) is 3.60. The first-order valence-corrected chi connectivity index (χ1v) is 7.12. The van der Waals surface area contributed by atoms with Gasteiger partial charge in [-0.25, -0.2) is 9.78 Å². The minimum absolute atomic E-state index is 0.0496. The van der Waals surface area contributed by atoms with Crippen LogP contribution in [0.5, 0.6) is 0 Å². The molecule has 0 aliphatic carbocycles. The van der Waals surface area contributed by atoms with Gasteiger partial charge in [0, 0.05) is 25.8 Å². The Kier molecular flexibility index (Phi) is 3.74. The Morgan fingerprint density at radius 2 is 2.10 bits per heavy atom. The molecule has 112 valence electrons. The summed E-state index contributed by atoms with van der Waals surface area (Å²) in [5.41, 5.74) is 1.14. The lowest BCUT2D eigenvalue weighted by molar-refractivity contribution is -0.135. The summed E-state index contributed by atoms with van der Waals surface area (Å²) in [5.74, 6) is -0.0561. The predicted octanol–water partition coefficient (Wildman–Crippen LogP) is 0.0767. The first-order chi connectivity index (χ1) is 10.2. The van der Waals surface area contributed by atoms with Crippen molar-refractivity contribution in [2.75, 3.05) is 26.3 Å². The van der Waals surface area contributed by atoms with Crippen LogP contribution in [-0.4, -0.2) is 51.2 Å². The molecule has 0 spiro atoms. The van der Waals surface area contributed by atoms with E-state index in [0.29, 0.717) is 44.0 Å². The molecule has 2 aromatic heterocycles. The average Bonchev–Trinajstić information content (AvgIpc) is 2.80. The summed E-state index contributed by atoms with van der Waals surface area (Å²) in [4.78, 5) is 30.8. The molecule has 7 heteroatoms. The number of carbonyl (C=O) groups excluding carboxylic acids is 1. The summed E-state index contributed by atoms with van der Waals surface area (Å²) < 4.78 is 8.33. The lowest BCUT2D eigenvalue weighted by Crippen LogP contribution is -2.43. The first kappa shape index (κ1) is 13.8. The number of carbonyl (C=O) groups is 1. The molecule has 1 fully saturated rings. The normalized spacial score (nSPS) is 15.6. The molecule has 0 N–H and O–H groups in total.